The Hall–Kier alpha value is -2.98. The van der Waals surface area contributed by atoms with Gasteiger partial charge < -0.3 is 19.5 Å². The fourth-order valence-corrected chi connectivity index (χ4v) is 5.24. The number of hydrogen-bond donors (Lipinski definition) is 1. The molecule has 0 heterocycles. The second kappa shape index (κ2) is 11.6. The number of rotatable bonds is 10. The number of carbonyl (C=O) groups is 1. The molecule has 0 spiro atoms. The Morgan fingerprint density at radius 3 is 2.09 bits per heavy atom. The van der Waals surface area contributed by atoms with Gasteiger partial charge in [0, 0.05) is 18.7 Å². The van der Waals surface area contributed by atoms with Crippen molar-refractivity contribution in [2.24, 2.45) is 0 Å². The fraction of sp³-hybridized carbons (Fsp3) is 0.208. The van der Waals surface area contributed by atoms with Gasteiger partial charge >= 0.3 is 0 Å². The van der Waals surface area contributed by atoms with E-state index in [2.05, 4.69) is 5.32 Å². The van der Waals surface area contributed by atoms with Gasteiger partial charge in [0.2, 0.25) is 15.9 Å². The summed E-state index contributed by atoms with van der Waals surface area (Å²) < 4.78 is 43.7. The van der Waals surface area contributed by atoms with E-state index >= 15 is 0 Å². The molecule has 1 N–H and O–H groups in total. The molecule has 0 saturated carbocycles. The second-order valence-corrected chi connectivity index (χ2v) is 10.0. The average molecular weight is 539 g/mol. The summed E-state index contributed by atoms with van der Waals surface area (Å²) in [5, 5.41) is 3.11. The van der Waals surface area contributed by atoms with Crippen LogP contribution in [0.4, 0.5) is 5.69 Å². The van der Waals surface area contributed by atoms with E-state index in [0.29, 0.717) is 27.8 Å². The van der Waals surface area contributed by atoms with Crippen LogP contribution in [0.1, 0.15) is 5.56 Å². The fourth-order valence-electron chi connectivity index (χ4n) is 3.28. The van der Waals surface area contributed by atoms with Gasteiger partial charge in [0.15, 0.2) is 0 Å². The number of halogens is 2. The van der Waals surface area contributed by atoms with Crippen LogP contribution in [0.2, 0.25) is 10.0 Å². The Bertz CT molecular complexity index is 1300. The smallest absolute Gasteiger partial charge is 0.243 e. The van der Waals surface area contributed by atoms with Crippen molar-refractivity contribution in [3.05, 3.63) is 76.3 Å². The summed E-state index contributed by atoms with van der Waals surface area (Å²) in [5.41, 5.74) is 0.984. The molecule has 1 amide bonds. The molecule has 0 aromatic heterocycles. The summed E-state index contributed by atoms with van der Waals surface area (Å²) in [6.45, 7) is -0.518. The number of benzene rings is 3. The third-order valence-electron chi connectivity index (χ3n) is 5.03. The van der Waals surface area contributed by atoms with E-state index in [1.807, 2.05) is 6.07 Å². The zero-order chi connectivity index (χ0) is 25.6. The van der Waals surface area contributed by atoms with E-state index in [1.165, 1.54) is 51.7 Å². The van der Waals surface area contributed by atoms with Gasteiger partial charge in [-0.2, -0.15) is 4.31 Å². The number of amides is 1. The molecule has 0 radical (unpaired) electrons. The standard InChI is InChI=1S/C24H24Cl2N2O6S/c1-32-21-10-9-17(11-18(21)25)35(30,31)28(14-16-7-5-4-6-8-16)15-24(29)27-20-13-22(33-2)19(26)12-23(20)34-3/h4-13H,14-15H2,1-3H3,(H,27,29). The van der Waals surface area contributed by atoms with E-state index in [1.54, 1.807) is 24.3 Å². The summed E-state index contributed by atoms with van der Waals surface area (Å²) in [6, 6.07) is 16.1. The van der Waals surface area contributed by atoms with Crippen LogP contribution in [0, 0.1) is 0 Å². The summed E-state index contributed by atoms with van der Waals surface area (Å²) in [6.07, 6.45) is 0. The van der Waals surface area contributed by atoms with Crippen molar-refractivity contribution in [1.82, 2.24) is 4.31 Å². The lowest BCUT2D eigenvalue weighted by atomic mass is 10.2. The van der Waals surface area contributed by atoms with Crippen LogP contribution in [-0.2, 0) is 21.4 Å². The van der Waals surface area contributed by atoms with E-state index in [9.17, 15) is 13.2 Å². The molecule has 8 nitrogen and oxygen atoms in total. The monoisotopic (exact) mass is 538 g/mol. The molecular formula is C24H24Cl2N2O6S. The summed E-state index contributed by atoms with van der Waals surface area (Å²) in [5.74, 6) is 0.362. The molecule has 3 aromatic carbocycles. The maximum atomic E-state index is 13.5. The maximum absolute atomic E-state index is 13.5. The van der Waals surface area contributed by atoms with E-state index in [4.69, 9.17) is 37.4 Å². The zero-order valence-electron chi connectivity index (χ0n) is 19.2. The molecule has 0 saturated heterocycles. The summed E-state index contributed by atoms with van der Waals surface area (Å²) in [7, 11) is 0.180. The van der Waals surface area contributed by atoms with Crippen LogP contribution < -0.4 is 19.5 Å². The molecule has 0 aliphatic carbocycles. The minimum absolute atomic E-state index is 0.0404. The van der Waals surface area contributed by atoms with Gasteiger partial charge in [0.05, 0.1) is 48.5 Å². The Morgan fingerprint density at radius 1 is 0.857 bits per heavy atom. The normalized spacial score (nSPS) is 11.3. The van der Waals surface area contributed by atoms with Crippen molar-refractivity contribution in [2.75, 3.05) is 33.2 Å². The van der Waals surface area contributed by atoms with Gasteiger partial charge in [-0.1, -0.05) is 53.5 Å². The Labute approximate surface area is 214 Å². The van der Waals surface area contributed by atoms with Crippen LogP contribution in [0.15, 0.2) is 65.6 Å². The van der Waals surface area contributed by atoms with Gasteiger partial charge in [-0.15, -0.1) is 0 Å². The summed E-state index contributed by atoms with van der Waals surface area (Å²) in [4.78, 5) is 12.9. The van der Waals surface area contributed by atoms with Gasteiger partial charge in [-0.05, 0) is 23.8 Å². The SMILES string of the molecule is COc1ccc(S(=O)(=O)N(CC(=O)Nc2cc(OC)c(Cl)cc2OC)Cc2ccccc2)cc1Cl. The van der Waals surface area contributed by atoms with Crippen molar-refractivity contribution in [2.45, 2.75) is 11.4 Å². The highest BCUT2D eigenvalue weighted by Crippen LogP contribution is 2.36. The molecule has 3 aromatic rings. The number of anilines is 1. The lowest BCUT2D eigenvalue weighted by molar-refractivity contribution is -0.116. The predicted octanol–water partition coefficient (Wildman–Crippen LogP) is 4.85. The second-order valence-electron chi connectivity index (χ2n) is 7.29. The predicted molar refractivity (Wildman–Crippen MR) is 135 cm³/mol. The average Bonchev–Trinajstić information content (AvgIpc) is 2.84. The van der Waals surface area contributed by atoms with Crippen molar-refractivity contribution in [3.8, 4) is 17.2 Å². The van der Waals surface area contributed by atoms with Crippen molar-refractivity contribution in [1.29, 1.82) is 0 Å². The molecule has 0 aliphatic heterocycles. The first kappa shape index (κ1) is 26.6. The molecule has 35 heavy (non-hydrogen) atoms. The largest absolute Gasteiger partial charge is 0.495 e. The molecule has 0 unspecified atom stereocenters. The zero-order valence-corrected chi connectivity index (χ0v) is 21.6. The minimum Gasteiger partial charge on any atom is -0.495 e. The lowest BCUT2D eigenvalue weighted by Crippen LogP contribution is -2.37. The van der Waals surface area contributed by atoms with Crippen LogP contribution in [0.3, 0.4) is 0 Å². The number of nitrogens with one attached hydrogen (secondary N) is 1. The molecule has 0 aliphatic rings. The molecular weight excluding hydrogens is 515 g/mol. The third kappa shape index (κ3) is 6.37. The van der Waals surface area contributed by atoms with Crippen molar-refractivity contribution in [3.63, 3.8) is 0 Å². The molecule has 0 fully saturated rings. The summed E-state index contributed by atoms with van der Waals surface area (Å²) >= 11 is 12.3. The van der Waals surface area contributed by atoms with Gasteiger partial charge in [0.25, 0.3) is 0 Å². The van der Waals surface area contributed by atoms with E-state index in [-0.39, 0.29) is 22.2 Å². The minimum atomic E-state index is -4.11. The van der Waals surface area contributed by atoms with Crippen LogP contribution in [0.25, 0.3) is 0 Å². The Morgan fingerprint density at radius 2 is 1.49 bits per heavy atom. The number of methoxy groups -OCH3 is 3. The highest BCUT2D eigenvalue weighted by atomic mass is 35.5. The quantitative estimate of drug-likeness (QED) is 0.396. The van der Waals surface area contributed by atoms with E-state index in [0.717, 1.165) is 4.31 Å². The number of nitrogens with zero attached hydrogens (tertiary/aromatic N) is 1. The molecule has 3 rings (SSSR count). The van der Waals surface area contributed by atoms with Crippen molar-refractivity contribution < 1.29 is 27.4 Å². The first-order chi connectivity index (χ1) is 16.7. The van der Waals surface area contributed by atoms with Crippen LogP contribution in [-0.4, -0.2) is 46.5 Å². The maximum Gasteiger partial charge on any atom is 0.243 e. The van der Waals surface area contributed by atoms with Crippen LogP contribution in [0.5, 0.6) is 17.2 Å². The van der Waals surface area contributed by atoms with Gasteiger partial charge in [0.1, 0.15) is 17.2 Å². The Balaban J connectivity index is 1.93. The molecule has 0 bridgehead atoms. The molecule has 186 valence electrons. The van der Waals surface area contributed by atoms with Gasteiger partial charge in [-0.25, -0.2) is 8.42 Å². The van der Waals surface area contributed by atoms with Gasteiger partial charge in [-0.3, -0.25) is 4.79 Å². The third-order valence-corrected chi connectivity index (χ3v) is 7.41. The van der Waals surface area contributed by atoms with E-state index < -0.39 is 22.5 Å². The first-order valence-electron chi connectivity index (χ1n) is 10.3. The number of hydrogen-bond acceptors (Lipinski definition) is 6. The highest BCUT2D eigenvalue weighted by Gasteiger charge is 2.28. The lowest BCUT2D eigenvalue weighted by Gasteiger charge is -2.23. The topological polar surface area (TPSA) is 94.2 Å². The number of ether oxygens (including phenoxy) is 3. The molecule has 11 heteroatoms. The first-order valence-corrected chi connectivity index (χ1v) is 12.5. The highest BCUT2D eigenvalue weighted by molar-refractivity contribution is 7.89. The van der Waals surface area contributed by atoms with Crippen LogP contribution >= 0.6 is 23.2 Å². The number of sulfonamides is 1. The number of carbonyl (C=O) groups excluding carboxylic acids is 1. The molecule has 0 atom stereocenters. The Kier molecular flexibility index (Phi) is 8.85. The van der Waals surface area contributed by atoms with Crippen molar-refractivity contribution >= 4 is 44.8 Å².